The molecule has 0 radical (unpaired) electrons. The number of hydrogen-bond acceptors (Lipinski definition) is 1. The Bertz CT molecular complexity index is 356. The van der Waals surface area contributed by atoms with Crippen molar-refractivity contribution in [2.24, 2.45) is 0 Å². The van der Waals surface area contributed by atoms with Gasteiger partial charge in [-0.2, -0.15) is 0 Å². The van der Waals surface area contributed by atoms with Crippen LogP contribution in [0.5, 0.6) is 0 Å². The Balaban J connectivity index is 3.10. The summed E-state index contributed by atoms with van der Waals surface area (Å²) in [6, 6.07) is 5.27. The molecule has 0 aliphatic rings. The van der Waals surface area contributed by atoms with Gasteiger partial charge in [-0.15, -0.1) is 0 Å². The van der Waals surface area contributed by atoms with Gasteiger partial charge in [-0.1, -0.05) is 29.3 Å². The van der Waals surface area contributed by atoms with Crippen LogP contribution in [0, 0.1) is 0 Å². The minimum absolute atomic E-state index is 0.498. The summed E-state index contributed by atoms with van der Waals surface area (Å²) in [5.74, 6) is 0. The molecular formula is C10H8Cl2O. The molecular weight excluding hydrogens is 207 g/mol. The second kappa shape index (κ2) is 4.45. The Hall–Kier alpha value is -0.790. The van der Waals surface area contributed by atoms with E-state index in [4.69, 9.17) is 23.2 Å². The standard InChI is InChI=1S/C10H8Cl2O/c1-7(4-5-13)8-2-3-9(11)10(12)6-8/h2-6H,1H3. The van der Waals surface area contributed by atoms with Gasteiger partial charge in [0.05, 0.1) is 10.0 Å². The van der Waals surface area contributed by atoms with E-state index in [0.717, 1.165) is 17.4 Å². The van der Waals surface area contributed by atoms with Crippen molar-refractivity contribution in [3.05, 3.63) is 39.9 Å². The number of benzene rings is 1. The zero-order valence-electron chi connectivity index (χ0n) is 7.05. The molecule has 1 aromatic rings. The van der Waals surface area contributed by atoms with Crippen molar-refractivity contribution in [2.45, 2.75) is 6.92 Å². The quantitative estimate of drug-likeness (QED) is 0.544. The summed E-state index contributed by atoms with van der Waals surface area (Å²) in [4.78, 5) is 10.2. The van der Waals surface area contributed by atoms with Crippen LogP contribution in [-0.4, -0.2) is 6.29 Å². The Labute approximate surface area is 87.0 Å². The molecule has 13 heavy (non-hydrogen) atoms. The molecule has 0 amide bonds. The van der Waals surface area contributed by atoms with Gasteiger partial charge >= 0.3 is 0 Å². The lowest BCUT2D eigenvalue weighted by molar-refractivity contribution is -0.104. The van der Waals surface area contributed by atoms with E-state index in [0.29, 0.717) is 10.0 Å². The molecule has 0 saturated carbocycles. The molecule has 3 heteroatoms. The number of carbonyl (C=O) groups is 1. The maximum absolute atomic E-state index is 10.2. The van der Waals surface area contributed by atoms with Gasteiger partial charge in [0.15, 0.2) is 0 Å². The summed E-state index contributed by atoms with van der Waals surface area (Å²) in [6.07, 6.45) is 2.23. The highest BCUT2D eigenvalue weighted by Gasteiger charge is 2.00. The zero-order valence-corrected chi connectivity index (χ0v) is 8.56. The van der Waals surface area contributed by atoms with Crippen LogP contribution in [0.4, 0.5) is 0 Å². The summed E-state index contributed by atoms with van der Waals surface area (Å²) < 4.78 is 0. The van der Waals surface area contributed by atoms with Crippen LogP contribution in [0.1, 0.15) is 12.5 Å². The van der Waals surface area contributed by atoms with Crippen molar-refractivity contribution in [3.8, 4) is 0 Å². The highest BCUT2D eigenvalue weighted by atomic mass is 35.5. The second-order valence-electron chi connectivity index (χ2n) is 2.61. The highest BCUT2D eigenvalue weighted by molar-refractivity contribution is 6.42. The summed E-state index contributed by atoms with van der Waals surface area (Å²) in [7, 11) is 0. The molecule has 0 aliphatic carbocycles. The van der Waals surface area contributed by atoms with E-state index in [1.54, 1.807) is 12.1 Å². The Morgan fingerprint density at radius 3 is 2.54 bits per heavy atom. The molecule has 0 saturated heterocycles. The Morgan fingerprint density at radius 1 is 1.31 bits per heavy atom. The average molecular weight is 215 g/mol. The molecule has 1 nitrogen and oxygen atoms in total. The predicted molar refractivity (Wildman–Crippen MR) is 56.2 cm³/mol. The van der Waals surface area contributed by atoms with Crippen LogP contribution in [0.3, 0.4) is 0 Å². The number of allylic oxidation sites excluding steroid dienone is 2. The molecule has 0 atom stereocenters. The minimum Gasteiger partial charge on any atom is -0.299 e. The maximum Gasteiger partial charge on any atom is 0.143 e. The molecule has 68 valence electrons. The first kappa shape index (κ1) is 10.3. The van der Waals surface area contributed by atoms with E-state index < -0.39 is 0 Å². The van der Waals surface area contributed by atoms with Crippen molar-refractivity contribution in [1.82, 2.24) is 0 Å². The van der Waals surface area contributed by atoms with Gasteiger partial charge in [0.25, 0.3) is 0 Å². The fourth-order valence-corrected chi connectivity index (χ4v) is 1.24. The average Bonchev–Trinajstić information content (AvgIpc) is 2.10. The normalized spacial score (nSPS) is 11.5. The van der Waals surface area contributed by atoms with Crippen molar-refractivity contribution in [1.29, 1.82) is 0 Å². The fraction of sp³-hybridized carbons (Fsp3) is 0.100. The molecule has 0 spiro atoms. The first-order valence-electron chi connectivity index (χ1n) is 3.72. The predicted octanol–water partition coefficient (Wildman–Crippen LogP) is 3.60. The third kappa shape index (κ3) is 2.58. The summed E-state index contributed by atoms with van der Waals surface area (Å²) >= 11 is 11.6. The molecule has 0 N–H and O–H groups in total. The summed E-state index contributed by atoms with van der Waals surface area (Å²) in [5.41, 5.74) is 1.77. The molecule has 0 heterocycles. The zero-order chi connectivity index (χ0) is 9.84. The van der Waals surface area contributed by atoms with Crippen LogP contribution in [0.15, 0.2) is 24.3 Å². The van der Waals surface area contributed by atoms with Crippen LogP contribution >= 0.6 is 23.2 Å². The Kier molecular flexibility index (Phi) is 3.52. The van der Waals surface area contributed by atoms with Gasteiger partial charge in [-0.25, -0.2) is 0 Å². The molecule has 1 rings (SSSR count). The van der Waals surface area contributed by atoms with Crippen molar-refractivity contribution in [2.75, 3.05) is 0 Å². The maximum atomic E-state index is 10.2. The lowest BCUT2D eigenvalue weighted by Gasteiger charge is -2.01. The second-order valence-corrected chi connectivity index (χ2v) is 3.43. The molecule has 0 aliphatic heterocycles. The van der Waals surface area contributed by atoms with E-state index in [-0.39, 0.29) is 0 Å². The largest absolute Gasteiger partial charge is 0.299 e. The molecule has 0 fully saturated rings. The van der Waals surface area contributed by atoms with Crippen molar-refractivity contribution >= 4 is 35.1 Å². The number of rotatable bonds is 2. The monoisotopic (exact) mass is 214 g/mol. The van der Waals surface area contributed by atoms with E-state index in [2.05, 4.69) is 0 Å². The van der Waals surface area contributed by atoms with Crippen LogP contribution in [-0.2, 0) is 4.79 Å². The third-order valence-corrected chi connectivity index (χ3v) is 2.43. The van der Waals surface area contributed by atoms with Crippen molar-refractivity contribution < 1.29 is 4.79 Å². The van der Waals surface area contributed by atoms with Gasteiger partial charge < -0.3 is 0 Å². The van der Waals surface area contributed by atoms with E-state index in [1.165, 1.54) is 6.08 Å². The smallest absolute Gasteiger partial charge is 0.143 e. The van der Waals surface area contributed by atoms with Crippen molar-refractivity contribution in [3.63, 3.8) is 0 Å². The molecule has 0 unspecified atom stereocenters. The Morgan fingerprint density at radius 2 is 2.00 bits per heavy atom. The topological polar surface area (TPSA) is 17.1 Å². The van der Waals surface area contributed by atoms with Gasteiger partial charge in [-0.05, 0) is 36.3 Å². The van der Waals surface area contributed by atoms with Gasteiger partial charge in [-0.3, -0.25) is 4.79 Å². The fourth-order valence-electron chi connectivity index (χ4n) is 0.940. The van der Waals surface area contributed by atoms with Crippen LogP contribution < -0.4 is 0 Å². The van der Waals surface area contributed by atoms with Gasteiger partial charge in [0.2, 0.25) is 0 Å². The van der Waals surface area contributed by atoms with Gasteiger partial charge in [0.1, 0.15) is 6.29 Å². The van der Waals surface area contributed by atoms with E-state index >= 15 is 0 Å². The van der Waals surface area contributed by atoms with Crippen LogP contribution in [0.25, 0.3) is 5.57 Å². The van der Waals surface area contributed by atoms with E-state index in [9.17, 15) is 4.79 Å². The molecule has 0 bridgehead atoms. The SMILES string of the molecule is CC(=CC=O)c1ccc(Cl)c(Cl)c1. The summed E-state index contributed by atoms with van der Waals surface area (Å²) in [6.45, 7) is 1.84. The third-order valence-electron chi connectivity index (χ3n) is 1.69. The lowest BCUT2D eigenvalue weighted by Crippen LogP contribution is -1.80. The first-order valence-corrected chi connectivity index (χ1v) is 4.48. The lowest BCUT2D eigenvalue weighted by atomic mass is 10.1. The molecule has 0 aromatic heterocycles. The summed E-state index contributed by atoms with van der Waals surface area (Å²) in [5, 5.41) is 1.02. The highest BCUT2D eigenvalue weighted by Crippen LogP contribution is 2.25. The van der Waals surface area contributed by atoms with Gasteiger partial charge in [0, 0.05) is 0 Å². The minimum atomic E-state index is 0.498. The number of carbonyl (C=O) groups excluding carboxylic acids is 1. The van der Waals surface area contributed by atoms with Crippen LogP contribution in [0.2, 0.25) is 10.0 Å². The number of aldehydes is 1. The number of halogens is 2. The molecule has 1 aromatic carbocycles. The number of hydrogen-bond donors (Lipinski definition) is 0. The first-order chi connectivity index (χ1) is 6.15. The van der Waals surface area contributed by atoms with E-state index in [1.807, 2.05) is 13.0 Å².